The maximum Gasteiger partial charge on any atom is 0.353 e. The minimum Gasteiger partial charge on any atom is -0.477 e. The number of halogens is 1. The Labute approximate surface area is 166 Å². The lowest BCUT2D eigenvalue weighted by molar-refractivity contribution is -0.150. The average Bonchev–Trinajstić information content (AvgIpc) is 2.64. The Balaban J connectivity index is 1.76. The summed E-state index contributed by atoms with van der Waals surface area (Å²) in [4.78, 5) is 43.2. The van der Waals surface area contributed by atoms with Gasteiger partial charge in [-0.1, -0.05) is 23.4 Å². The molecule has 3 N–H and O–H groups in total. The minimum atomic E-state index is -1.26. The van der Waals surface area contributed by atoms with Gasteiger partial charge in [-0.3, -0.25) is 24.8 Å². The zero-order valence-corrected chi connectivity index (χ0v) is 16.6. The average molecular weight is 436 g/mol. The first kappa shape index (κ1) is 19.5. The molecule has 1 saturated heterocycles. The van der Waals surface area contributed by atoms with E-state index in [-0.39, 0.29) is 22.2 Å². The van der Waals surface area contributed by atoms with Gasteiger partial charge in [0.15, 0.2) is 0 Å². The van der Waals surface area contributed by atoms with E-state index in [4.69, 9.17) is 16.4 Å². The lowest BCUT2D eigenvalue weighted by atomic mass is 10.0. The van der Waals surface area contributed by atoms with Gasteiger partial charge in [-0.05, 0) is 10.8 Å². The fraction of sp³-hybridized carbons (Fsp3) is 0.357. The Morgan fingerprint density at radius 3 is 2.77 bits per heavy atom. The minimum absolute atomic E-state index is 0.114. The molecule has 1 unspecified atom stereocenters. The first-order valence-electron chi connectivity index (χ1n) is 7.28. The SMILES string of the molecule is CONC(C(=O)NC1C(=O)N2C(C(=O)O)=C(Cl)CS[C@@H]12)=C1CSC=CS1. The summed E-state index contributed by atoms with van der Waals surface area (Å²) in [6, 6.07) is -0.822. The smallest absolute Gasteiger partial charge is 0.353 e. The molecule has 3 rings (SSSR count). The zero-order valence-electron chi connectivity index (χ0n) is 13.4. The van der Waals surface area contributed by atoms with Gasteiger partial charge in [-0.25, -0.2) is 4.79 Å². The van der Waals surface area contributed by atoms with Crippen LogP contribution in [0.4, 0.5) is 0 Å². The number of fused-ring (bicyclic) bond motifs is 1. The number of amides is 2. The van der Waals surface area contributed by atoms with Crippen LogP contribution in [0, 0.1) is 0 Å². The van der Waals surface area contributed by atoms with Gasteiger partial charge in [0, 0.05) is 16.4 Å². The number of carbonyl (C=O) groups is 3. The highest BCUT2D eigenvalue weighted by Crippen LogP contribution is 2.41. The molecule has 3 aliphatic rings. The fourth-order valence-electron chi connectivity index (χ4n) is 2.57. The van der Waals surface area contributed by atoms with Crippen LogP contribution in [0.1, 0.15) is 0 Å². The summed E-state index contributed by atoms with van der Waals surface area (Å²) in [5.41, 5.74) is 2.58. The first-order valence-corrected chi connectivity index (χ1v) is 10.6. The summed E-state index contributed by atoms with van der Waals surface area (Å²) in [7, 11) is 1.39. The number of hydroxylamine groups is 1. The predicted molar refractivity (Wildman–Crippen MR) is 102 cm³/mol. The van der Waals surface area contributed by atoms with Crippen LogP contribution >= 0.6 is 46.9 Å². The van der Waals surface area contributed by atoms with Crippen LogP contribution in [0.25, 0.3) is 0 Å². The van der Waals surface area contributed by atoms with Crippen LogP contribution in [0.5, 0.6) is 0 Å². The highest BCUT2D eigenvalue weighted by molar-refractivity contribution is 8.11. The number of rotatable bonds is 5. The normalized spacial score (nSPS) is 26.8. The molecule has 2 atom stereocenters. The second-order valence-corrected chi connectivity index (χ2v) is 8.68. The number of aliphatic carboxylic acids is 1. The summed E-state index contributed by atoms with van der Waals surface area (Å²) in [5.74, 6) is -1.37. The summed E-state index contributed by atoms with van der Waals surface area (Å²) >= 11 is 10.2. The van der Waals surface area contributed by atoms with E-state index in [1.807, 2.05) is 10.8 Å². The van der Waals surface area contributed by atoms with Crippen LogP contribution in [0.15, 0.2) is 32.1 Å². The van der Waals surface area contributed by atoms with Crippen molar-refractivity contribution in [1.29, 1.82) is 0 Å². The molecule has 8 nitrogen and oxygen atoms in total. The number of carboxylic acid groups (broad SMARTS) is 1. The Hall–Kier alpha value is -1.27. The molecule has 0 aliphatic carbocycles. The third-order valence-corrected chi connectivity index (χ3v) is 7.49. The van der Waals surface area contributed by atoms with Crippen LogP contribution in [-0.4, -0.2) is 57.8 Å². The Bertz CT molecular complexity index is 754. The van der Waals surface area contributed by atoms with Crippen molar-refractivity contribution >= 4 is 64.7 Å². The number of nitrogens with one attached hydrogen (secondary N) is 2. The number of hydrogen-bond donors (Lipinski definition) is 3. The van der Waals surface area contributed by atoms with Crippen LogP contribution in [0.3, 0.4) is 0 Å². The number of β-lactam (4-membered cyclic amide) rings is 1. The quantitative estimate of drug-likeness (QED) is 0.334. The van der Waals surface area contributed by atoms with E-state index in [0.717, 1.165) is 9.81 Å². The Morgan fingerprint density at radius 2 is 2.15 bits per heavy atom. The van der Waals surface area contributed by atoms with Crippen molar-refractivity contribution in [3.63, 3.8) is 0 Å². The molecule has 3 heterocycles. The van der Waals surface area contributed by atoms with Crippen molar-refractivity contribution in [2.75, 3.05) is 18.6 Å². The van der Waals surface area contributed by atoms with Crippen LogP contribution in [0.2, 0.25) is 0 Å². The van der Waals surface area contributed by atoms with Crippen LogP contribution in [-0.2, 0) is 19.2 Å². The van der Waals surface area contributed by atoms with E-state index >= 15 is 0 Å². The summed E-state index contributed by atoms with van der Waals surface area (Å²) < 4.78 is 0. The molecule has 0 aromatic rings. The third-order valence-electron chi connectivity index (χ3n) is 3.70. The highest BCUT2D eigenvalue weighted by Gasteiger charge is 2.54. The molecule has 0 spiro atoms. The van der Waals surface area contributed by atoms with Gasteiger partial charge >= 0.3 is 5.97 Å². The maximum atomic E-state index is 12.6. The van der Waals surface area contributed by atoms with Gasteiger partial charge in [-0.15, -0.1) is 23.5 Å². The van der Waals surface area contributed by atoms with Gasteiger partial charge in [0.25, 0.3) is 11.8 Å². The summed E-state index contributed by atoms with van der Waals surface area (Å²) in [6.45, 7) is 0. The number of thioether (sulfide) groups is 3. The molecule has 0 aromatic carbocycles. The summed E-state index contributed by atoms with van der Waals surface area (Å²) in [5, 5.41) is 15.3. The zero-order chi connectivity index (χ0) is 18.8. The van der Waals surface area contributed by atoms with Crippen molar-refractivity contribution < 1.29 is 24.3 Å². The lowest BCUT2D eigenvalue weighted by Gasteiger charge is -2.48. The van der Waals surface area contributed by atoms with Gasteiger partial charge in [-0.2, -0.15) is 0 Å². The van der Waals surface area contributed by atoms with E-state index in [2.05, 4.69) is 10.8 Å². The molecule has 0 aromatic heterocycles. The van der Waals surface area contributed by atoms with E-state index < -0.39 is 29.2 Å². The molecule has 0 saturated carbocycles. The van der Waals surface area contributed by atoms with Crippen molar-refractivity contribution in [2.24, 2.45) is 0 Å². The predicted octanol–water partition coefficient (Wildman–Crippen LogP) is 1.24. The molecule has 0 bridgehead atoms. The van der Waals surface area contributed by atoms with Crippen molar-refractivity contribution in [3.8, 4) is 0 Å². The number of nitrogens with zero attached hydrogens (tertiary/aromatic N) is 1. The van der Waals surface area contributed by atoms with E-state index in [9.17, 15) is 19.5 Å². The Kier molecular flexibility index (Phi) is 6.13. The standard InChI is InChI=1S/C14H14ClN3O5S3/c1-23-17-8(7-5-24-2-3-25-7)11(19)16-9-12(20)18-10(14(21)22)6(15)4-26-13(9)18/h2-3,9,13,17H,4-5H2,1H3,(H,16,19)(H,21,22)/t9?,13-/m0/s1. The highest BCUT2D eigenvalue weighted by atomic mass is 35.5. The maximum absolute atomic E-state index is 12.6. The second-order valence-electron chi connectivity index (χ2n) is 5.22. The van der Waals surface area contributed by atoms with E-state index in [1.54, 1.807) is 0 Å². The molecule has 140 valence electrons. The molecular weight excluding hydrogens is 422 g/mol. The number of hydrogen-bond acceptors (Lipinski definition) is 8. The molecule has 0 radical (unpaired) electrons. The van der Waals surface area contributed by atoms with Crippen molar-refractivity contribution in [2.45, 2.75) is 11.4 Å². The van der Waals surface area contributed by atoms with E-state index in [0.29, 0.717) is 5.75 Å². The first-order chi connectivity index (χ1) is 12.5. The topological polar surface area (TPSA) is 108 Å². The fourth-order valence-corrected chi connectivity index (χ4v) is 5.94. The molecular formula is C14H14ClN3O5S3. The molecule has 2 amide bonds. The summed E-state index contributed by atoms with van der Waals surface area (Å²) in [6.07, 6.45) is 0. The van der Waals surface area contributed by atoms with Gasteiger partial charge < -0.3 is 10.4 Å². The van der Waals surface area contributed by atoms with Gasteiger partial charge in [0.2, 0.25) is 0 Å². The lowest BCUT2D eigenvalue weighted by Crippen LogP contribution is -2.70. The van der Waals surface area contributed by atoms with Gasteiger partial charge in [0.1, 0.15) is 22.8 Å². The van der Waals surface area contributed by atoms with Gasteiger partial charge in [0.05, 0.1) is 12.1 Å². The number of carbonyl (C=O) groups excluding carboxylic acids is 2. The van der Waals surface area contributed by atoms with E-state index in [1.165, 1.54) is 42.4 Å². The van der Waals surface area contributed by atoms with Crippen molar-refractivity contribution in [3.05, 3.63) is 32.1 Å². The largest absolute Gasteiger partial charge is 0.477 e. The molecule has 12 heteroatoms. The Morgan fingerprint density at radius 1 is 1.38 bits per heavy atom. The molecule has 26 heavy (non-hydrogen) atoms. The monoisotopic (exact) mass is 435 g/mol. The molecule has 1 fully saturated rings. The van der Waals surface area contributed by atoms with Crippen LogP contribution < -0.4 is 10.8 Å². The molecule has 3 aliphatic heterocycles. The number of carboxylic acids is 1. The second kappa shape index (κ2) is 8.17. The third kappa shape index (κ3) is 3.58. The van der Waals surface area contributed by atoms with Crippen molar-refractivity contribution in [1.82, 2.24) is 15.7 Å².